The van der Waals surface area contributed by atoms with Gasteiger partial charge in [0.1, 0.15) is 11.2 Å². The fourth-order valence-electron chi connectivity index (χ4n) is 4.79. The molecule has 1 heteroatoms. The number of benzene rings is 5. The molecule has 6 rings (SSSR count). The smallest absolute Gasteiger partial charge is 0.143 e. The molecule has 0 fully saturated rings. The van der Waals surface area contributed by atoms with Crippen LogP contribution in [0.4, 0.5) is 0 Å². The second kappa shape index (κ2) is 7.39. The summed E-state index contributed by atoms with van der Waals surface area (Å²) in [4.78, 5) is 0. The maximum atomic E-state index is 6.34. The molecule has 0 atom stereocenters. The third-order valence-electron chi connectivity index (χ3n) is 6.51. The molecule has 1 nitrogen and oxygen atoms in total. The average Bonchev–Trinajstić information content (AvgIpc) is 3.22. The Labute approximate surface area is 187 Å². The summed E-state index contributed by atoms with van der Waals surface area (Å²) in [6.45, 7) is 4.47. The van der Waals surface area contributed by atoms with Gasteiger partial charge in [0.25, 0.3) is 0 Å². The minimum atomic E-state index is 0.535. The lowest BCUT2D eigenvalue weighted by Crippen LogP contribution is -1.89. The Morgan fingerprint density at radius 3 is 1.88 bits per heavy atom. The first-order valence-corrected chi connectivity index (χ1v) is 11.2. The fourth-order valence-corrected chi connectivity index (χ4v) is 4.79. The molecule has 0 saturated carbocycles. The second-order valence-electron chi connectivity index (χ2n) is 8.76. The predicted molar refractivity (Wildman–Crippen MR) is 136 cm³/mol. The summed E-state index contributed by atoms with van der Waals surface area (Å²) in [5.74, 6) is 0.535. The molecule has 0 aliphatic heterocycles. The van der Waals surface area contributed by atoms with Crippen LogP contribution in [0.3, 0.4) is 0 Å². The zero-order valence-electron chi connectivity index (χ0n) is 18.3. The first-order chi connectivity index (χ1) is 15.7. The number of furan rings is 1. The first kappa shape index (κ1) is 18.9. The summed E-state index contributed by atoms with van der Waals surface area (Å²) >= 11 is 0. The van der Waals surface area contributed by atoms with Crippen molar-refractivity contribution in [2.24, 2.45) is 0 Å². The Bertz CT molecular complexity index is 1580. The zero-order chi connectivity index (χ0) is 21.7. The van der Waals surface area contributed by atoms with Crippen LogP contribution in [-0.2, 0) is 0 Å². The molecule has 0 aliphatic rings. The lowest BCUT2D eigenvalue weighted by Gasteiger charge is -2.13. The van der Waals surface area contributed by atoms with E-state index in [9.17, 15) is 0 Å². The summed E-state index contributed by atoms with van der Waals surface area (Å²) in [6, 6.07) is 36.9. The van der Waals surface area contributed by atoms with E-state index in [2.05, 4.69) is 105 Å². The molecular weight excluding hydrogens is 388 g/mol. The van der Waals surface area contributed by atoms with E-state index in [1.807, 2.05) is 12.1 Å². The number of para-hydroxylation sites is 2. The van der Waals surface area contributed by atoms with Gasteiger partial charge in [0.15, 0.2) is 0 Å². The Hall–Kier alpha value is -3.84. The molecule has 0 amide bonds. The van der Waals surface area contributed by atoms with Crippen LogP contribution < -0.4 is 0 Å². The van der Waals surface area contributed by atoms with Gasteiger partial charge in [-0.2, -0.15) is 0 Å². The largest absolute Gasteiger partial charge is 0.455 e. The molecule has 1 heterocycles. The minimum Gasteiger partial charge on any atom is -0.455 e. The summed E-state index contributed by atoms with van der Waals surface area (Å²) in [6.07, 6.45) is 0. The summed E-state index contributed by atoms with van der Waals surface area (Å²) < 4.78 is 6.34. The molecule has 154 valence electrons. The van der Waals surface area contributed by atoms with E-state index >= 15 is 0 Å². The van der Waals surface area contributed by atoms with Gasteiger partial charge in [0.2, 0.25) is 0 Å². The molecule has 6 aromatic rings. The van der Waals surface area contributed by atoms with Gasteiger partial charge in [-0.1, -0.05) is 111 Å². The summed E-state index contributed by atoms with van der Waals surface area (Å²) in [7, 11) is 0. The molecule has 0 radical (unpaired) electrons. The standard InChI is InChI=1S/C31H24O/c1-20(2)21-14-16-22(17-15-21)23-18-19-26(25-9-4-3-8-24(23)25)28-11-7-12-29-27-10-5-6-13-30(27)32-31(28)29/h3-20H,1-2H3. The van der Waals surface area contributed by atoms with Crippen LogP contribution in [0.15, 0.2) is 108 Å². The van der Waals surface area contributed by atoms with Gasteiger partial charge in [-0.05, 0) is 45.0 Å². The Morgan fingerprint density at radius 1 is 0.500 bits per heavy atom. The molecule has 0 spiro atoms. The molecule has 0 aliphatic carbocycles. The van der Waals surface area contributed by atoms with Crippen LogP contribution in [-0.4, -0.2) is 0 Å². The predicted octanol–water partition coefficient (Wildman–Crippen LogP) is 9.20. The van der Waals surface area contributed by atoms with Gasteiger partial charge in [0.05, 0.1) is 0 Å². The fraction of sp³-hybridized carbons (Fsp3) is 0.0968. The number of hydrogen-bond donors (Lipinski definition) is 0. The van der Waals surface area contributed by atoms with Crippen LogP contribution >= 0.6 is 0 Å². The van der Waals surface area contributed by atoms with Gasteiger partial charge in [-0.15, -0.1) is 0 Å². The maximum Gasteiger partial charge on any atom is 0.143 e. The van der Waals surface area contributed by atoms with Crippen LogP contribution in [0, 0.1) is 0 Å². The van der Waals surface area contributed by atoms with E-state index in [4.69, 9.17) is 4.42 Å². The summed E-state index contributed by atoms with van der Waals surface area (Å²) in [5, 5.41) is 4.83. The highest BCUT2D eigenvalue weighted by molar-refractivity contribution is 6.13. The molecule has 0 bridgehead atoms. The van der Waals surface area contributed by atoms with Crippen molar-refractivity contribution in [2.45, 2.75) is 19.8 Å². The van der Waals surface area contributed by atoms with Crippen molar-refractivity contribution >= 4 is 32.7 Å². The maximum absolute atomic E-state index is 6.34. The Morgan fingerprint density at radius 2 is 1.12 bits per heavy atom. The molecule has 5 aromatic carbocycles. The number of fused-ring (bicyclic) bond motifs is 4. The highest BCUT2D eigenvalue weighted by atomic mass is 16.3. The van der Waals surface area contributed by atoms with Gasteiger partial charge >= 0.3 is 0 Å². The van der Waals surface area contributed by atoms with E-state index < -0.39 is 0 Å². The number of rotatable bonds is 3. The SMILES string of the molecule is CC(C)c1ccc(-c2ccc(-c3cccc4c3oc3ccccc34)c3ccccc23)cc1. The molecule has 32 heavy (non-hydrogen) atoms. The highest BCUT2D eigenvalue weighted by Crippen LogP contribution is 2.40. The van der Waals surface area contributed by atoms with Crippen molar-refractivity contribution in [3.63, 3.8) is 0 Å². The van der Waals surface area contributed by atoms with E-state index in [1.165, 1.54) is 33.0 Å². The van der Waals surface area contributed by atoms with Gasteiger partial charge in [0, 0.05) is 16.3 Å². The topological polar surface area (TPSA) is 13.1 Å². The van der Waals surface area contributed by atoms with Gasteiger partial charge < -0.3 is 4.42 Å². The highest BCUT2D eigenvalue weighted by Gasteiger charge is 2.15. The van der Waals surface area contributed by atoms with Gasteiger partial charge in [-0.25, -0.2) is 0 Å². The molecule has 0 saturated heterocycles. The van der Waals surface area contributed by atoms with Crippen molar-refractivity contribution in [3.05, 3.63) is 109 Å². The van der Waals surface area contributed by atoms with Crippen molar-refractivity contribution in [1.82, 2.24) is 0 Å². The average molecular weight is 413 g/mol. The Balaban J connectivity index is 1.59. The molecule has 0 unspecified atom stereocenters. The normalized spacial score (nSPS) is 11.7. The third kappa shape index (κ3) is 2.93. The first-order valence-electron chi connectivity index (χ1n) is 11.2. The van der Waals surface area contributed by atoms with E-state index in [-0.39, 0.29) is 0 Å². The van der Waals surface area contributed by atoms with Crippen molar-refractivity contribution in [2.75, 3.05) is 0 Å². The molecular formula is C31H24O. The monoisotopic (exact) mass is 412 g/mol. The third-order valence-corrected chi connectivity index (χ3v) is 6.51. The quantitative estimate of drug-likeness (QED) is 0.282. The van der Waals surface area contributed by atoms with Crippen LogP contribution in [0.25, 0.3) is 55.0 Å². The van der Waals surface area contributed by atoms with E-state index in [0.29, 0.717) is 5.92 Å². The molecule has 1 aromatic heterocycles. The van der Waals surface area contributed by atoms with Crippen LogP contribution in [0.2, 0.25) is 0 Å². The van der Waals surface area contributed by atoms with Crippen molar-refractivity contribution in [3.8, 4) is 22.3 Å². The summed E-state index contributed by atoms with van der Waals surface area (Å²) in [5.41, 5.74) is 8.10. The Kier molecular flexibility index (Phi) is 4.36. The van der Waals surface area contributed by atoms with E-state index in [1.54, 1.807) is 0 Å². The lowest BCUT2D eigenvalue weighted by atomic mass is 9.90. The van der Waals surface area contributed by atoms with Crippen LogP contribution in [0.5, 0.6) is 0 Å². The van der Waals surface area contributed by atoms with Crippen molar-refractivity contribution in [1.29, 1.82) is 0 Å². The zero-order valence-corrected chi connectivity index (χ0v) is 18.3. The van der Waals surface area contributed by atoms with E-state index in [0.717, 1.165) is 27.5 Å². The second-order valence-corrected chi connectivity index (χ2v) is 8.76. The molecule has 0 N–H and O–H groups in total. The van der Waals surface area contributed by atoms with Crippen molar-refractivity contribution < 1.29 is 4.42 Å². The lowest BCUT2D eigenvalue weighted by molar-refractivity contribution is 0.670. The minimum absolute atomic E-state index is 0.535. The van der Waals surface area contributed by atoms with Crippen LogP contribution in [0.1, 0.15) is 25.3 Å². The van der Waals surface area contributed by atoms with Gasteiger partial charge in [-0.3, -0.25) is 0 Å². The number of hydrogen-bond acceptors (Lipinski definition) is 1.